The van der Waals surface area contributed by atoms with Crippen molar-refractivity contribution in [3.05, 3.63) is 102 Å². The summed E-state index contributed by atoms with van der Waals surface area (Å²) in [5.41, 5.74) is 2.67. The highest BCUT2D eigenvalue weighted by molar-refractivity contribution is 7.93. The van der Waals surface area contributed by atoms with Crippen molar-refractivity contribution < 1.29 is 13.2 Å². The van der Waals surface area contributed by atoms with Crippen LogP contribution < -0.4 is 10.0 Å². The van der Waals surface area contributed by atoms with Crippen LogP contribution in [0.2, 0.25) is 0 Å². The lowest BCUT2D eigenvalue weighted by Gasteiger charge is -2.20. The Morgan fingerprint density at radius 3 is 1.86 bits per heavy atom. The van der Waals surface area contributed by atoms with Crippen molar-refractivity contribution in [2.45, 2.75) is 25.1 Å². The summed E-state index contributed by atoms with van der Waals surface area (Å²) in [7, 11) is -3.48. The van der Waals surface area contributed by atoms with Crippen molar-refractivity contribution in [2.75, 3.05) is 4.72 Å². The Morgan fingerprint density at radius 2 is 1.34 bits per heavy atom. The quantitative estimate of drug-likeness (QED) is 0.610. The van der Waals surface area contributed by atoms with Gasteiger partial charge in [0.05, 0.1) is 11.3 Å². The van der Waals surface area contributed by atoms with Crippen LogP contribution >= 0.6 is 0 Å². The minimum atomic E-state index is -3.48. The van der Waals surface area contributed by atoms with Crippen LogP contribution in [0.25, 0.3) is 0 Å². The lowest BCUT2D eigenvalue weighted by molar-refractivity contribution is 0.0943. The second-order valence-corrected chi connectivity index (χ2v) is 9.24. The van der Waals surface area contributed by atoms with E-state index >= 15 is 0 Å². The summed E-state index contributed by atoms with van der Waals surface area (Å²) >= 11 is 0. The Bertz CT molecular complexity index is 1030. The first-order valence-electron chi connectivity index (χ1n) is 9.39. The summed E-state index contributed by atoms with van der Waals surface area (Å²) < 4.78 is 26.8. The molecule has 0 radical (unpaired) electrons. The number of rotatable bonds is 7. The molecule has 0 aliphatic carbocycles. The summed E-state index contributed by atoms with van der Waals surface area (Å²) in [6.07, 6.45) is 0. The molecule has 3 aromatic carbocycles. The van der Waals surface area contributed by atoms with Crippen molar-refractivity contribution in [3.63, 3.8) is 0 Å². The van der Waals surface area contributed by atoms with E-state index in [1.165, 1.54) is 0 Å². The van der Waals surface area contributed by atoms with Gasteiger partial charge in [0.1, 0.15) is 0 Å². The van der Waals surface area contributed by atoms with Gasteiger partial charge < -0.3 is 5.32 Å². The first-order chi connectivity index (χ1) is 13.9. The minimum absolute atomic E-state index is 0.284. The van der Waals surface area contributed by atoms with Crippen LogP contribution in [0.15, 0.2) is 84.9 Å². The van der Waals surface area contributed by atoms with E-state index in [4.69, 9.17) is 0 Å². The van der Waals surface area contributed by atoms with E-state index in [1.54, 1.807) is 38.1 Å². The molecule has 0 aliphatic rings. The molecule has 3 rings (SSSR count). The molecule has 29 heavy (non-hydrogen) atoms. The number of carbonyl (C=O) groups is 1. The summed E-state index contributed by atoms with van der Waals surface area (Å²) in [6, 6.07) is 25.6. The van der Waals surface area contributed by atoms with E-state index in [9.17, 15) is 13.2 Å². The zero-order valence-electron chi connectivity index (χ0n) is 16.4. The summed E-state index contributed by atoms with van der Waals surface area (Å²) in [6.45, 7) is 3.20. The van der Waals surface area contributed by atoms with E-state index in [1.807, 2.05) is 60.7 Å². The predicted octanol–water partition coefficient (Wildman–Crippen LogP) is 4.36. The van der Waals surface area contributed by atoms with Crippen LogP contribution in [0.4, 0.5) is 5.69 Å². The highest BCUT2D eigenvalue weighted by Crippen LogP contribution is 2.23. The molecule has 0 bridgehead atoms. The van der Waals surface area contributed by atoms with Crippen LogP contribution in [0.3, 0.4) is 0 Å². The summed E-state index contributed by atoms with van der Waals surface area (Å²) in [4.78, 5) is 13.0. The molecule has 0 spiro atoms. The van der Waals surface area contributed by atoms with E-state index in [0.717, 1.165) is 11.1 Å². The van der Waals surface area contributed by atoms with Crippen LogP contribution in [0.1, 0.15) is 41.4 Å². The number of anilines is 1. The largest absolute Gasteiger partial charge is 0.341 e. The highest BCUT2D eigenvalue weighted by atomic mass is 32.2. The zero-order chi connectivity index (χ0) is 20.9. The number of hydrogen-bond donors (Lipinski definition) is 2. The lowest BCUT2D eigenvalue weighted by Crippen LogP contribution is -2.29. The Morgan fingerprint density at radius 1 is 0.793 bits per heavy atom. The monoisotopic (exact) mass is 408 g/mol. The maximum absolute atomic E-state index is 13.0. The van der Waals surface area contributed by atoms with Gasteiger partial charge in [-0.3, -0.25) is 9.52 Å². The fourth-order valence-corrected chi connectivity index (χ4v) is 3.56. The van der Waals surface area contributed by atoms with Gasteiger partial charge in [-0.2, -0.15) is 0 Å². The third-order valence-electron chi connectivity index (χ3n) is 4.55. The van der Waals surface area contributed by atoms with Gasteiger partial charge in [-0.15, -0.1) is 0 Å². The smallest absolute Gasteiger partial charge is 0.252 e. The van der Waals surface area contributed by atoms with Gasteiger partial charge in [-0.25, -0.2) is 8.42 Å². The number of sulfonamides is 1. The summed E-state index contributed by atoms with van der Waals surface area (Å²) in [5, 5.41) is 2.49. The molecule has 150 valence electrons. The Labute approximate surface area is 171 Å². The molecular formula is C23H24N2O3S. The van der Waals surface area contributed by atoms with Gasteiger partial charge in [0.2, 0.25) is 10.0 Å². The average Bonchev–Trinajstić information content (AvgIpc) is 2.73. The normalized spacial score (nSPS) is 11.4. The molecule has 0 unspecified atom stereocenters. The number of hydrogen-bond acceptors (Lipinski definition) is 3. The molecule has 0 atom stereocenters. The molecule has 0 fully saturated rings. The predicted molar refractivity (Wildman–Crippen MR) is 116 cm³/mol. The number of carbonyl (C=O) groups excluding carboxylic acids is 1. The van der Waals surface area contributed by atoms with Gasteiger partial charge in [-0.05, 0) is 43.2 Å². The number of amides is 1. The molecule has 0 saturated heterocycles. The standard InChI is InChI=1S/C23H24N2O3S/c1-17(2)29(27,28)25-21-15-9-14-20(16-21)23(26)24-22(18-10-5-3-6-11-18)19-12-7-4-8-13-19/h3-17,22,25H,1-2H3,(H,24,26). The maximum Gasteiger partial charge on any atom is 0.252 e. The van der Waals surface area contributed by atoms with Gasteiger partial charge in [0.25, 0.3) is 5.91 Å². The van der Waals surface area contributed by atoms with Crippen molar-refractivity contribution >= 4 is 21.6 Å². The van der Waals surface area contributed by atoms with Gasteiger partial charge in [0.15, 0.2) is 0 Å². The average molecular weight is 409 g/mol. The first kappa shape index (κ1) is 20.6. The molecule has 3 aromatic rings. The van der Waals surface area contributed by atoms with Crippen molar-refractivity contribution in [3.8, 4) is 0 Å². The fourth-order valence-electron chi connectivity index (χ4n) is 2.87. The second-order valence-electron chi connectivity index (χ2n) is 7.00. The Balaban J connectivity index is 1.86. The molecule has 0 heterocycles. The SMILES string of the molecule is CC(C)S(=O)(=O)Nc1cccc(C(=O)NC(c2ccccc2)c2ccccc2)c1. The molecule has 6 heteroatoms. The molecule has 0 aromatic heterocycles. The lowest BCUT2D eigenvalue weighted by atomic mass is 9.98. The van der Waals surface area contributed by atoms with Crippen LogP contribution in [-0.2, 0) is 10.0 Å². The topological polar surface area (TPSA) is 75.3 Å². The van der Waals surface area contributed by atoms with Crippen molar-refractivity contribution in [1.82, 2.24) is 5.32 Å². The minimum Gasteiger partial charge on any atom is -0.341 e. The molecule has 5 nitrogen and oxygen atoms in total. The second kappa shape index (κ2) is 8.92. The molecule has 2 N–H and O–H groups in total. The summed E-state index contributed by atoms with van der Waals surface area (Å²) in [5.74, 6) is -0.284. The van der Waals surface area contributed by atoms with Crippen LogP contribution in [0, 0.1) is 0 Å². The zero-order valence-corrected chi connectivity index (χ0v) is 17.2. The molecule has 0 aliphatic heterocycles. The van der Waals surface area contributed by atoms with Crippen molar-refractivity contribution in [1.29, 1.82) is 0 Å². The number of benzene rings is 3. The van der Waals surface area contributed by atoms with Crippen LogP contribution in [0.5, 0.6) is 0 Å². The van der Waals surface area contributed by atoms with Crippen molar-refractivity contribution in [2.24, 2.45) is 0 Å². The molecule has 1 amide bonds. The van der Waals surface area contributed by atoms with Gasteiger partial charge >= 0.3 is 0 Å². The van der Waals surface area contributed by atoms with E-state index in [0.29, 0.717) is 11.3 Å². The number of nitrogens with one attached hydrogen (secondary N) is 2. The van der Waals surface area contributed by atoms with E-state index < -0.39 is 15.3 Å². The Hall–Kier alpha value is -3.12. The molecule has 0 saturated carbocycles. The third kappa shape index (κ3) is 5.23. The van der Waals surface area contributed by atoms with E-state index in [2.05, 4.69) is 10.0 Å². The maximum atomic E-state index is 13.0. The molecular weight excluding hydrogens is 384 g/mol. The first-order valence-corrected chi connectivity index (χ1v) is 10.9. The van der Waals surface area contributed by atoms with Gasteiger partial charge in [0, 0.05) is 11.3 Å². The third-order valence-corrected chi connectivity index (χ3v) is 6.31. The van der Waals surface area contributed by atoms with Crippen LogP contribution in [-0.4, -0.2) is 19.6 Å². The highest BCUT2D eigenvalue weighted by Gasteiger charge is 2.19. The Kier molecular flexibility index (Phi) is 6.34. The van der Waals surface area contributed by atoms with E-state index in [-0.39, 0.29) is 11.9 Å². The fraction of sp³-hybridized carbons (Fsp3) is 0.174. The van der Waals surface area contributed by atoms with Gasteiger partial charge in [-0.1, -0.05) is 66.7 Å².